The summed E-state index contributed by atoms with van der Waals surface area (Å²) < 4.78 is 28.7. The van der Waals surface area contributed by atoms with Crippen molar-refractivity contribution < 1.29 is 18.7 Å². The number of carbonyl (C=O) groups is 1. The fourth-order valence-electron chi connectivity index (χ4n) is 4.45. The van der Waals surface area contributed by atoms with E-state index in [-0.39, 0.29) is 6.09 Å². The Kier molecular flexibility index (Phi) is 6.26. The van der Waals surface area contributed by atoms with Gasteiger partial charge in [0, 0.05) is 23.7 Å². The minimum atomic E-state index is -0.576. The lowest BCUT2D eigenvalue weighted by Gasteiger charge is -2.30. The molecule has 0 saturated heterocycles. The van der Waals surface area contributed by atoms with Crippen LogP contribution in [0.4, 0.5) is 9.18 Å². The maximum absolute atomic E-state index is 13.4. The molecule has 0 N–H and O–H groups in total. The van der Waals surface area contributed by atoms with Crippen molar-refractivity contribution in [1.29, 1.82) is 5.26 Å². The van der Waals surface area contributed by atoms with Gasteiger partial charge in [0.15, 0.2) is 0 Å². The number of hydrogen-bond donors (Lipinski definition) is 0. The summed E-state index contributed by atoms with van der Waals surface area (Å²) in [6.07, 6.45) is 1.74. The van der Waals surface area contributed by atoms with Crippen LogP contribution in [-0.4, -0.2) is 47.3 Å². The monoisotopic (exact) mass is 517 g/mol. The van der Waals surface area contributed by atoms with Gasteiger partial charge in [-0.2, -0.15) is 10.4 Å². The summed E-state index contributed by atoms with van der Waals surface area (Å²) in [7, 11) is 0. The van der Waals surface area contributed by atoms with Gasteiger partial charge in [-0.1, -0.05) is 0 Å². The molecule has 1 unspecified atom stereocenters. The molecule has 11 heteroatoms. The topological polar surface area (TPSA) is 111 Å². The van der Waals surface area contributed by atoms with Gasteiger partial charge in [0.2, 0.25) is 5.88 Å². The Hall–Kier alpha value is -4.46. The molecule has 4 aromatic rings. The highest BCUT2D eigenvalue weighted by Crippen LogP contribution is 2.33. The molecule has 196 valence electrons. The highest BCUT2D eigenvalue weighted by molar-refractivity contribution is 5.71. The number of carbonyl (C=O) groups excluding carboxylic acids is 1. The average Bonchev–Trinajstić information content (AvgIpc) is 3.44. The van der Waals surface area contributed by atoms with Crippen molar-refractivity contribution >= 4 is 11.7 Å². The zero-order valence-corrected chi connectivity index (χ0v) is 21.9. The standard InChI is InChI=1S/C27H28FN7O3/c1-16-22-15-33(26(36)38-27(3,4)5)8-9-34(22)32-25(16)18-10-23-31-14-20(12-29)35(23)24(11-18)37-17(2)21-7-6-19(28)13-30-21/h6-7,10-11,13-14,17H,8-9,15H2,1-5H3. The van der Waals surface area contributed by atoms with Crippen molar-refractivity contribution in [3.8, 4) is 23.2 Å². The second-order valence-electron chi connectivity index (χ2n) is 10.2. The zero-order valence-electron chi connectivity index (χ0n) is 21.9. The van der Waals surface area contributed by atoms with Crippen LogP contribution in [0.5, 0.6) is 5.88 Å². The predicted molar refractivity (Wildman–Crippen MR) is 136 cm³/mol. The first-order chi connectivity index (χ1) is 18.0. The Bertz CT molecular complexity index is 1560. The van der Waals surface area contributed by atoms with Crippen molar-refractivity contribution in [2.24, 2.45) is 0 Å². The van der Waals surface area contributed by atoms with E-state index in [9.17, 15) is 14.4 Å². The second kappa shape index (κ2) is 9.45. The van der Waals surface area contributed by atoms with Crippen LogP contribution in [0.3, 0.4) is 0 Å². The number of amides is 1. The van der Waals surface area contributed by atoms with E-state index in [1.54, 1.807) is 22.3 Å². The third-order valence-corrected chi connectivity index (χ3v) is 6.32. The summed E-state index contributed by atoms with van der Waals surface area (Å²) >= 11 is 0. The molecule has 1 aliphatic rings. The third-order valence-electron chi connectivity index (χ3n) is 6.32. The van der Waals surface area contributed by atoms with Crippen LogP contribution in [0.25, 0.3) is 16.9 Å². The summed E-state index contributed by atoms with van der Waals surface area (Å²) in [5, 5.41) is 14.5. The number of imidazole rings is 1. The number of hydrogen-bond acceptors (Lipinski definition) is 7. The highest BCUT2D eigenvalue weighted by Gasteiger charge is 2.29. The van der Waals surface area contributed by atoms with Crippen LogP contribution in [-0.2, 0) is 17.8 Å². The number of nitriles is 1. The molecule has 0 fully saturated rings. The third kappa shape index (κ3) is 4.77. The van der Waals surface area contributed by atoms with Crippen LogP contribution in [0.15, 0.2) is 36.7 Å². The predicted octanol–water partition coefficient (Wildman–Crippen LogP) is 4.80. The maximum atomic E-state index is 13.4. The number of ether oxygens (including phenoxy) is 2. The highest BCUT2D eigenvalue weighted by atomic mass is 19.1. The lowest BCUT2D eigenvalue weighted by atomic mass is 10.1. The van der Waals surface area contributed by atoms with Crippen molar-refractivity contribution in [1.82, 2.24) is 29.0 Å². The molecule has 0 radical (unpaired) electrons. The zero-order chi connectivity index (χ0) is 27.2. The molecule has 0 aliphatic carbocycles. The summed E-state index contributed by atoms with van der Waals surface area (Å²) in [6.45, 7) is 10.7. The molecule has 4 aromatic heterocycles. The van der Waals surface area contributed by atoms with Crippen molar-refractivity contribution in [3.63, 3.8) is 0 Å². The molecule has 1 atom stereocenters. The van der Waals surface area contributed by atoms with Crippen LogP contribution in [0.1, 0.15) is 56.4 Å². The van der Waals surface area contributed by atoms with Gasteiger partial charge >= 0.3 is 6.09 Å². The van der Waals surface area contributed by atoms with Crippen LogP contribution in [0, 0.1) is 24.1 Å². The fourth-order valence-corrected chi connectivity index (χ4v) is 4.45. The molecular weight excluding hydrogens is 489 g/mol. The molecule has 38 heavy (non-hydrogen) atoms. The van der Waals surface area contributed by atoms with Gasteiger partial charge in [0.1, 0.15) is 34.9 Å². The van der Waals surface area contributed by atoms with Crippen molar-refractivity contribution in [2.45, 2.75) is 59.4 Å². The molecule has 10 nitrogen and oxygen atoms in total. The van der Waals surface area contributed by atoms with E-state index in [2.05, 4.69) is 16.0 Å². The summed E-state index contributed by atoms with van der Waals surface area (Å²) in [5.41, 5.74) is 4.13. The molecular formula is C27H28FN7O3. The Balaban J connectivity index is 1.51. The summed E-state index contributed by atoms with van der Waals surface area (Å²) in [4.78, 5) is 22.9. The van der Waals surface area contributed by atoms with Gasteiger partial charge in [-0.05, 0) is 52.8 Å². The maximum Gasteiger partial charge on any atom is 0.410 e. The Morgan fingerprint density at radius 2 is 1.97 bits per heavy atom. The quantitative estimate of drug-likeness (QED) is 0.382. The fraction of sp³-hybridized carbons (Fsp3) is 0.370. The molecule has 1 amide bonds. The first-order valence-electron chi connectivity index (χ1n) is 12.3. The molecule has 0 bridgehead atoms. The van der Waals surface area contributed by atoms with Gasteiger partial charge in [0.25, 0.3) is 0 Å². The molecule has 1 aliphatic heterocycles. The first-order valence-corrected chi connectivity index (χ1v) is 12.3. The average molecular weight is 518 g/mol. The molecule has 5 rings (SSSR count). The van der Waals surface area contributed by atoms with Crippen LogP contribution < -0.4 is 4.74 Å². The van der Waals surface area contributed by atoms with Gasteiger partial charge in [-0.3, -0.25) is 14.1 Å². The van der Waals surface area contributed by atoms with E-state index in [4.69, 9.17) is 14.6 Å². The van der Waals surface area contributed by atoms with E-state index < -0.39 is 17.5 Å². The summed E-state index contributed by atoms with van der Waals surface area (Å²) in [6, 6.07) is 8.68. The number of nitrogens with zero attached hydrogens (tertiary/aromatic N) is 7. The SMILES string of the molecule is Cc1c(-c2cc(OC(C)c3ccc(F)cn3)n3c(C#N)cnc3c2)nn2c1CN(C(=O)OC(C)(C)C)CC2. The number of aromatic nitrogens is 5. The van der Waals surface area contributed by atoms with Gasteiger partial charge in [-0.15, -0.1) is 0 Å². The number of rotatable bonds is 4. The normalized spacial score (nSPS) is 14.2. The second-order valence-corrected chi connectivity index (χ2v) is 10.2. The Morgan fingerprint density at radius 3 is 2.66 bits per heavy atom. The largest absolute Gasteiger partial charge is 0.469 e. The van der Waals surface area contributed by atoms with Gasteiger partial charge < -0.3 is 14.4 Å². The Morgan fingerprint density at radius 1 is 1.18 bits per heavy atom. The van der Waals surface area contributed by atoms with Gasteiger partial charge in [-0.25, -0.2) is 14.2 Å². The minimum Gasteiger partial charge on any atom is -0.469 e. The van der Waals surface area contributed by atoms with E-state index in [1.807, 2.05) is 44.5 Å². The van der Waals surface area contributed by atoms with Gasteiger partial charge in [0.05, 0.1) is 42.6 Å². The van der Waals surface area contributed by atoms with E-state index in [1.165, 1.54) is 12.3 Å². The number of fused-ring (bicyclic) bond motifs is 2. The lowest BCUT2D eigenvalue weighted by Crippen LogP contribution is -2.41. The van der Waals surface area contributed by atoms with E-state index in [0.717, 1.165) is 28.7 Å². The molecule has 0 aromatic carbocycles. The minimum absolute atomic E-state index is 0.315. The van der Waals surface area contributed by atoms with E-state index in [0.29, 0.717) is 42.5 Å². The molecule has 0 saturated carbocycles. The van der Waals surface area contributed by atoms with Crippen LogP contribution >= 0.6 is 0 Å². The first kappa shape index (κ1) is 25.2. The number of pyridine rings is 2. The van der Waals surface area contributed by atoms with E-state index >= 15 is 0 Å². The molecule has 0 spiro atoms. The number of halogens is 1. The lowest BCUT2D eigenvalue weighted by molar-refractivity contribution is 0.0194. The molecule has 5 heterocycles. The van der Waals surface area contributed by atoms with Crippen molar-refractivity contribution in [3.05, 3.63) is 65.1 Å². The summed E-state index contributed by atoms with van der Waals surface area (Å²) in [5.74, 6) is -0.0536. The Labute approximate surface area is 219 Å². The van der Waals surface area contributed by atoms with Crippen LogP contribution in [0.2, 0.25) is 0 Å². The van der Waals surface area contributed by atoms with Crippen molar-refractivity contribution in [2.75, 3.05) is 6.54 Å². The smallest absolute Gasteiger partial charge is 0.410 e.